The third kappa shape index (κ3) is 3.34. The number of nitrogens with one attached hydrogen (secondary N) is 1. The van der Waals surface area contributed by atoms with Gasteiger partial charge >= 0.3 is 0 Å². The van der Waals surface area contributed by atoms with E-state index in [-0.39, 0.29) is 37.2 Å². The van der Waals surface area contributed by atoms with Crippen LogP contribution in [0.4, 0.5) is 11.4 Å². The number of nitrogens with zero attached hydrogens (tertiary/aromatic N) is 2. The quantitative estimate of drug-likeness (QED) is 0.758. The van der Waals surface area contributed by atoms with Crippen molar-refractivity contribution in [2.75, 3.05) is 23.9 Å². The molecule has 0 radical (unpaired) electrons. The molecule has 28 heavy (non-hydrogen) atoms. The van der Waals surface area contributed by atoms with E-state index in [1.807, 2.05) is 30.3 Å². The van der Waals surface area contributed by atoms with E-state index in [9.17, 15) is 14.4 Å². The molecule has 1 aliphatic rings. The normalized spacial score (nSPS) is 13.2. The fourth-order valence-corrected chi connectivity index (χ4v) is 3.22. The van der Waals surface area contributed by atoms with E-state index in [4.69, 9.17) is 4.74 Å². The van der Waals surface area contributed by atoms with Crippen molar-refractivity contribution in [2.24, 2.45) is 0 Å². The summed E-state index contributed by atoms with van der Waals surface area (Å²) in [4.78, 5) is 37.9. The molecule has 142 valence electrons. The summed E-state index contributed by atoms with van der Waals surface area (Å²) in [7, 11) is 1.68. The third-order valence-corrected chi connectivity index (χ3v) is 4.76. The van der Waals surface area contributed by atoms with Crippen molar-refractivity contribution in [1.82, 2.24) is 4.57 Å². The van der Waals surface area contributed by atoms with Crippen LogP contribution in [0.15, 0.2) is 54.7 Å². The number of rotatable bonds is 4. The zero-order valence-electron chi connectivity index (χ0n) is 15.3. The SMILES string of the molecule is CN1C(=O)COc2cc(NC(=O)CCC(=O)n3ccc4ccccc43)ccc21. The number of carbonyl (C=O) groups is 3. The van der Waals surface area contributed by atoms with Gasteiger partial charge in [-0.3, -0.25) is 19.0 Å². The molecule has 1 aliphatic heterocycles. The molecule has 7 heteroatoms. The number of carbonyl (C=O) groups excluding carboxylic acids is 3. The fraction of sp³-hybridized carbons (Fsp3) is 0.190. The van der Waals surface area contributed by atoms with Crippen molar-refractivity contribution in [3.05, 3.63) is 54.7 Å². The number of ether oxygens (including phenoxy) is 1. The third-order valence-electron chi connectivity index (χ3n) is 4.76. The molecule has 0 saturated carbocycles. The number of likely N-dealkylation sites (N-methyl/N-ethyl adjacent to an activating group) is 1. The molecule has 1 aromatic heterocycles. The Morgan fingerprint density at radius 2 is 1.93 bits per heavy atom. The van der Waals surface area contributed by atoms with E-state index in [0.717, 1.165) is 10.9 Å². The molecule has 4 rings (SSSR count). The number of hydrogen-bond acceptors (Lipinski definition) is 4. The van der Waals surface area contributed by atoms with Gasteiger partial charge in [-0.05, 0) is 24.3 Å². The van der Waals surface area contributed by atoms with E-state index < -0.39 is 0 Å². The summed E-state index contributed by atoms with van der Waals surface area (Å²) in [5, 5.41) is 3.76. The Morgan fingerprint density at radius 3 is 2.79 bits per heavy atom. The predicted molar refractivity (Wildman–Crippen MR) is 106 cm³/mol. The van der Waals surface area contributed by atoms with Gasteiger partial charge in [0.15, 0.2) is 6.61 Å². The first kappa shape index (κ1) is 17.8. The Balaban J connectivity index is 1.38. The Labute approximate surface area is 161 Å². The second-order valence-corrected chi connectivity index (χ2v) is 6.61. The summed E-state index contributed by atoms with van der Waals surface area (Å²) in [6, 6.07) is 14.6. The predicted octanol–water partition coefficient (Wildman–Crippen LogP) is 3.06. The van der Waals surface area contributed by atoms with Crippen LogP contribution < -0.4 is 15.0 Å². The van der Waals surface area contributed by atoms with Crippen molar-refractivity contribution in [2.45, 2.75) is 12.8 Å². The Kier molecular flexibility index (Phi) is 4.57. The van der Waals surface area contributed by atoms with Crippen molar-refractivity contribution < 1.29 is 19.1 Å². The maximum Gasteiger partial charge on any atom is 0.264 e. The Morgan fingerprint density at radius 1 is 1.11 bits per heavy atom. The summed E-state index contributed by atoms with van der Waals surface area (Å²) in [5.41, 5.74) is 2.05. The maximum atomic E-state index is 12.5. The highest BCUT2D eigenvalue weighted by Crippen LogP contribution is 2.33. The molecule has 0 fully saturated rings. The molecule has 2 aromatic carbocycles. The average molecular weight is 377 g/mol. The second-order valence-electron chi connectivity index (χ2n) is 6.61. The number of anilines is 2. The highest BCUT2D eigenvalue weighted by atomic mass is 16.5. The molecule has 1 N–H and O–H groups in total. The number of amides is 2. The summed E-state index contributed by atoms with van der Waals surface area (Å²) in [6.07, 6.45) is 1.90. The van der Waals surface area contributed by atoms with Crippen molar-refractivity contribution in [3.8, 4) is 5.75 Å². The summed E-state index contributed by atoms with van der Waals surface area (Å²) in [6.45, 7) is -0.0276. The zero-order chi connectivity index (χ0) is 19.7. The van der Waals surface area contributed by atoms with Gasteiger partial charge in [-0.1, -0.05) is 18.2 Å². The fourth-order valence-electron chi connectivity index (χ4n) is 3.22. The van der Waals surface area contributed by atoms with Gasteiger partial charge in [0.2, 0.25) is 11.8 Å². The van der Waals surface area contributed by atoms with Crippen LogP contribution in [0, 0.1) is 0 Å². The number of para-hydroxylation sites is 1. The van der Waals surface area contributed by atoms with Gasteiger partial charge in [-0.25, -0.2) is 0 Å². The molecule has 0 saturated heterocycles. The van der Waals surface area contributed by atoms with Gasteiger partial charge in [-0.2, -0.15) is 0 Å². The molecule has 3 aromatic rings. The lowest BCUT2D eigenvalue weighted by molar-refractivity contribution is -0.121. The first-order chi connectivity index (χ1) is 13.5. The molecule has 0 aliphatic carbocycles. The molecular formula is C21H19N3O4. The van der Waals surface area contributed by atoms with Crippen LogP contribution in [-0.2, 0) is 9.59 Å². The minimum Gasteiger partial charge on any atom is -0.481 e. The van der Waals surface area contributed by atoms with Gasteiger partial charge in [0.05, 0.1) is 11.2 Å². The molecule has 0 bridgehead atoms. The standard InChI is InChI=1S/C21H19N3O4/c1-23-17-7-6-15(12-18(17)28-13-21(23)27)22-19(25)8-9-20(26)24-11-10-14-4-2-3-5-16(14)24/h2-7,10-12H,8-9,13H2,1H3,(H,22,25). The van der Waals surface area contributed by atoms with Gasteiger partial charge in [0.1, 0.15) is 5.75 Å². The molecular weight excluding hydrogens is 358 g/mol. The van der Waals surface area contributed by atoms with Crippen LogP contribution >= 0.6 is 0 Å². The monoisotopic (exact) mass is 377 g/mol. The largest absolute Gasteiger partial charge is 0.481 e. The minimum absolute atomic E-state index is 0.0276. The van der Waals surface area contributed by atoms with Crippen LogP contribution in [0.2, 0.25) is 0 Å². The van der Waals surface area contributed by atoms with E-state index in [1.165, 1.54) is 4.90 Å². The Bertz CT molecular complexity index is 1090. The molecule has 0 unspecified atom stereocenters. The lowest BCUT2D eigenvalue weighted by atomic mass is 10.2. The van der Waals surface area contributed by atoms with Crippen LogP contribution in [0.1, 0.15) is 17.6 Å². The van der Waals surface area contributed by atoms with Crippen molar-refractivity contribution in [1.29, 1.82) is 0 Å². The van der Waals surface area contributed by atoms with Gasteiger partial charge in [0.25, 0.3) is 5.91 Å². The lowest BCUT2D eigenvalue weighted by Gasteiger charge is -2.26. The summed E-state index contributed by atoms with van der Waals surface area (Å²) < 4.78 is 6.99. The van der Waals surface area contributed by atoms with Gasteiger partial charge in [0, 0.05) is 43.2 Å². The number of hydrogen-bond donors (Lipinski definition) is 1. The summed E-state index contributed by atoms with van der Waals surface area (Å²) in [5.74, 6) is 0.0189. The van der Waals surface area contributed by atoms with E-state index in [1.54, 1.807) is 36.0 Å². The topological polar surface area (TPSA) is 80.6 Å². The first-order valence-electron chi connectivity index (χ1n) is 8.95. The molecule has 2 heterocycles. The Hall–Kier alpha value is -3.61. The molecule has 7 nitrogen and oxygen atoms in total. The van der Waals surface area contributed by atoms with Crippen LogP contribution in [0.5, 0.6) is 5.75 Å². The molecule has 2 amide bonds. The van der Waals surface area contributed by atoms with Crippen LogP contribution in [-0.4, -0.2) is 35.9 Å². The minimum atomic E-state index is -0.259. The zero-order valence-corrected chi connectivity index (χ0v) is 15.3. The van der Waals surface area contributed by atoms with E-state index >= 15 is 0 Å². The highest BCUT2D eigenvalue weighted by molar-refractivity contribution is 5.99. The molecule has 0 atom stereocenters. The van der Waals surface area contributed by atoms with Crippen LogP contribution in [0.25, 0.3) is 10.9 Å². The highest BCUT2D eigenvalue weighted by Gasteiger charge is 2.22. The van der Waals surface area contributed by atoms with E-state index in [0.29, 0.717) is 17.1 Å². The smallest absolute Gasteiger partial charge is 0.264 e. The lowest BCUT2D eigenvalue weighted by Crippen LogP contribution is -2.35. The van der Waals surface area contributed by atoms with Gasteiger partial charge < -0.3 is 15.0 Å². The first-order valence-corrected chi connectivity index (χ1v) is 8.95. The van der Waals surface area contributed by atoms with E-state index in [2.05, 4.69) is 5.32 Å². The van der Waals surface area contributed by atoms with Crippen LogP contribution in [0.3, 0.4) is 0 Å². The number of fused-ring (bicyclic) bond motifs is 2. The summed E-state index contributed by atoms with van der Waals surface area (Å²) >= 11 is 0. The number of benzene rings is 2. The van der Waals surface area contributed by atoms with Crippen molar-refractivity contribution >= 4 is 40.0 Å². The van der Waals surface area contributed by atoms with Crippen molar-refractivity contribution in [3.63, 3.8) is 0 Å². The average Bonchev–Trinajstić information content (AvgIpc) is 3.13. The van der Waals surface area contributed by atoms with Gasteiger partial charge in [-0.15, -0.1) is 0 Å². The molecule has 0 spiro atoms. The number of aromatic nitrogens is 1. The maximum absolute atomic E-state index is 12.5. The second kappa shape index (κ2) is 7.19.